The molecule has 0 bridgehead atoms. The van der Waals surface area contributed by atoms with E-state index in [4.69, 9.17) is 28.0 Å². The summed E-state index contributed by atoms with van der Waals surface area (Å²) in [5, 5.41) is 25.5. The maximum Gasteiger partial charge on any atom is 0.328 e. The highest BCUT2D eigenvalue weighted by Crippen LogP contribution is 2.10. The number of aliphatic carboxylic acids is 1. The first-order valence-electron chi connectivity index (χ1n) is 11.2. The first kappa shape index (κ1) is 31.5. The molecule has 13 N–H and O–H groups in total. The van der Waals surface area contributed by atoms with Crippen LogP contribution in [0.5, 0.6) is 0 Å². The van der Waals surface area contributed by atoms with Crippen molar-refractivity contribution in [3.8, 4) is 0 Å². The summed E-state index contributed by atoms with van der Waals surface area (Å²) in [7, 11) is 0. The Morgan fingerprint density at radius 2 is 1.51 bits per heavy atom. The second kappa shape index (κ2) is 16.2. The fourth-order valence-electron chi connectivity index (χ4n) is 2.88. The van der Waals surface area contributed by atoms with E-state index >= 15 is 0 Å². The van der Waals surface area contributed by atoms with Crippen LogP contribution in [0.25, 0.3) is 0 Å². The molecule has 4 amide bonds. The normalized spacial score (nSPS) is 15.0. The van der Waals surface area contributed by atoms with E-state index in [9.17, 15) is 29.1 Å². The number of carboxylic acid groups (broad SMARTS) is 1. The number of nitrogens with zero attached hydrogens (tertiary/aromatic N) is 1. The number of rotatable bonds is 17. The van der Waals surface area contributed by atoms with Crippen LogP contribution in [0, 0.1) is 5.92 Å². The molecule has 5 unspecified atom stereocenters. The Balaban J connectivity index is 5.57. The minimum atomic E-state index is -1.55. The first-order valence-corrected chi connectivity index (χ1v) is 11.2. The molecule has 200 valence electrons. The van der Waals surface area contributed by atoms with E-state index < -0.39 is 66.3 Å². The van der Waals surface area contributed by atoms with Crippen LogP contribution < -0.4 is 38.9 Å². The van der Waals surface area contributed by atoms with Crippen molar-refractivity contribution in [1.29, 1.82) is 0 Å². The van der Waals surface area contributed by atoms with Gasteiger partial charge in [-0.2, -0.15) is 0 Å². The van der Waals surface area contributed by atoms with E-state index in [1.54, 1.807) is 13.8 Å². The van der Waals surface area contributed by atoms with Crippen molar-refractivity contribution in [3.05, 3.63) is 0 Å². The van der Waals surface area contributed by atoms with Crippen LogP contribution >= 0.6 is 0 Å². The highest BCUT2D eigenvalue weighted by atomic mass is 16.4. The number of aliphatic imine (C=N–C) groups is 1. The number of guanidine groups is 1. The van der Waals surface area contributed by atoms with Crippen molar-refractivity contribution in [1.82, 2.24) is 16.0 Å². The lowest BCUT2D eigenvalue weighted by atomic mass is 9.97. The van der Waals surface area contributed by atoms with E-state index in [1.165, 1.54) is 0 Å². The third-order valence-corrected chi connectivity index (χ3v) is 5.21. The van der Waals surface area contributed by atoms with Crippen molar-refractivity contribution in [2.24, 2.45) is 33.8 Å². The van der Waals surface area contributed by atoms with E-state index in [0.717, 1.165) is 0 Å². The van der Waals surface area contributed by atoms with E-state index in [-0.39, 0.29) is 31.8 Å². The molecule has 35 heavy (non-hydrogen) atoms. The maximum atomic E-state index is 13.0. The van der Waals surface area contributed by atoms with Crippen molar-refractivity contribution < 1.29 is 34.2 Å². The topological polar surface area (TPSA) is 278 Å². The van der Waals surface area contributed by atoms with Gasteiger partial charge in [-0.15, -0.1) is 0 Å². The summed E-state index contributed by atoms with van der Waals surface area (Å²) in [5.74, 6) is -4.87. The molecule has 0 aliphatic rings. The average molecular weight is 503 g/mol. The minimum absolute atomic E-state index is 0.0286. The van der Waals surface area contributed by atoms with Gasteiger partial charge in [0.15, 0.2) is 5.96 Å². The van der Waals surface area contributed by atoms with Gasteiger partial charge in [0.2, 0.25) is 23.6 Å². The number of aliphatic hydroxyl groups excluding tert-OH is 1. The molecule has 15 nitrogen and oxygen atoms in total. The number of aliphatic hydroxyl groups is 1. The lowest BCUT2D eigenvalue weighted by Gasteiger charge is -2.28. The highest BCUT2D eigenvalue weighted by Gasteiger charge is 2.32. The van der Waals surface area contributed by atoms with Crippen LogP contribution in [-0.2, 0) is 24.0 Å². The lowest BCUT2D eigenvalue weighted by molar-refractivity contribution is -0.143. The summed E-state index contributed by atoms with van der Waals surface area (Å²) in [6.07, 6.45) is 0.675. The molecule has 0 saturated heterocycles. The predicted molar refractivity (Wildman–Crippen MR) is 126 cm³/mol. The van der Waals surface area contributed by atoms with Crippen molar-refractivity contribution in [2.45, 2.75) is 70.1 Å². The van der Waals surface area contributed by atoms with Crippen LogP contribution in [-0.4, -0.2) is 83.1 Å². The Labute approximate surface area is 203 Å². The number of carbonyl (C=O) groups is 5. The van der Waals surface area contributed by atoms with Gasteiger partial charge in [0, 0.05) is 13.0 Å². The molecule has 0 heterocycles. The number of nitrogens with two attached hydrogens (primary N) is 4. The molecule has 5 atom stereocenters. The summed E-state index contributed by atoms with van der Waals surface area (Å²) in [5.41, 5.74) is 21.4. The lowest BCUT2D eigenvalue weighted by Crippen LogP contribution is -2.59. The zero-order valence-electron chi connectivity index (χ0n) is 20.0. The maximum absolute atomic E-state index is 13.0. The molecule has 0 aromatic carbocycles. The van der Waals surface area contributed by atoms with Crippen LogP contribution in [0.2, 0.25) is 0 Å². The first-order chi connectivity index (χ1) is 16.3. The van der Waals surface area contributed by atoms with E-state index in [1.807, 2.05) is 0 Å². The Morgan fingerprint density at radius 3 is 2.00 bits per heavy atom. The van der Waals surface area contributed by atoms with Gasteiger partial charge >= 0.3 is 5.97 Å². The van der Waals surface area contributed by atoms with Gasteiger partial charge in [-0.25, -0.2) is 4.79 Å². The van der Waals surface area contributed by atoms with Crippen molar-refractivity contribution >= 4 is 35.6 Å². The summed E-state index contributed by atoms with van der Waals surface area (Å²) >= 11 is 0. The van der Waals surface area contributed by atoms with Gasteiger partial charge in [0.25, 0.3) is 0 Å². The van der Waals surface area contributed by atoms with Crippen molar-refractivity contribution in [3.63, 3.8) is 0 Å². The standard InChI is InChI=1S/C20H38N8O7/c1-3-10(2)15(18(33)27-13(9-29)19(34)35)28-17(32)12(5-4-8-25-20(23)24)26-16(31)11(21)6-7-14(22)30/h10-13,15,29H,3-9,21H2,1-2H3,(H2,22,30)(H,26,31)(H,27,33)(H,28,32)(H,34,35)(H4,23,24,25). The molecule has 0 rings (SSSR count). The van der Waals surface area contributed by atoms with E-state index in [0.29, 0.717) is 12.8 Å². The van der Waals surface area contributed by atoms with Gasteiger partial charge in [-0.3, -0.25) is 24.2 Å². The van der Waals surface area contributed by atoms with Gasteiger partial charge in [-0.05, 0) is 25.2 Å². The van der Waals surface area contributed by atoms with Gasteiger partial charge < -0.3 is 49.1 Å². The van der Waals surface area contributed by atoms with Crippen molar-refractivity contribution in [2.75, 3.05) is 13.2 Å². The summed E-state index contributed by atoms with van der Waals surface area (Å²) in [6.45, 7) is 2.77. The quantitative estimate of drug-likeness (QED) is 0.0531. The molecule has 0 aromatic heterocycles. The third-order valence-electron chi connectivity index (χ3n) is 5.21. The third kappa shape index (κ3) is 12.5. The molecule has 0 aromatic rings. The Bertz CT molecular complexity index is 773. The Morgan fingerprint density at radius 1 is 0.914 bits per heavy atom. The highest BCUT2D eigenvalue weighted by molar-refractivity contribution is 5.94. The number of primary amides is 1. The molecule has 15 heteroatoms. The molecule has 0 fully saturated rings. The number of carbonyl (C=O) groups excluding carboxylic acids is 4. The van der Waals surface area contributed by atoms with Gasteiger partial charge in [0.1, 0.15) is 18.1 Å². The number of carboxylic acids is 1. The number of hydrogen-bond donors (Lipinski definition) is 9. The number of hydrogen-bond acceptors (Lipinski definition) is 8. The fourth-order valence-corrected chi connectivity index (χ4v) is 2.88. The molecule has 0 radical (unpaired) electrons. The molecule has 0 spiro atoms. The second-order valence-electron chi connectivity index (χ2n) is 8.08. The summed E-state index contributed by atoms with van der Waals surface area (Å²) in [6, 6.07) is -4.94. The molecule has 0 aliphatic carbocycles. The van der Waals surface area contributed by atoms with Crippen LogP contribution in [0.1, 0.15) is 46.0 Å². The Kier molecular flexibility index (Phi) is 14.6. The fraction of sp³-hybridized carbons (Fsp3) is 0.700. The predicted octanol–water partition coefficient (Wildman–Crippen LogP) is -3.79. The number of amides is 4. The molecular weight excluding hydrogens is 464 g/mol. The van der Waals surface area contributed by atoms with Gasteiger partial charge in [-0.1, -0.05) is 20.3 Å². The largest absolute Gasteiger partial charge is 0.480 e. The SMILES string of the molecule is CCC(C)C(NC(=O)C(CCCN=C(N)N)NC(=O)C(N)CCC(N)=O)C(=O)NC(CO)C(=O)O. The second-order valence-corrected chi connectivity index (χ2v) is 8.08. The van der Waals surface area contributed by atoms with Gasteiger partial charge in [0.05, 0.1) is 12.6 Å². The van der Waals surface area contributed by atoms with Crippen LogP contribution in [0.15, 0.2) is 4.99 Å². The van der Waals surface area contributed by atoms with Crippen LogP contribution in [0.3, 0.4) is 0 Å². The number of nitrogens with one attached hydrogen (secondary N) is 3. The van der Waals surface area contributed by atoms with Crippen LogP contribution in [0.4, 0.5) is 0 Å². The average Bonchev–Trinajstić information content (AvgIpc) is 2.79. The zero-order valence-corrected chi connectivity index (χ0v) is 20.0. The van der Waals surface area contributed by atoms with E-state index in [2.05, 4.69) is 20.9 Å². The zero-order chi connectivity index (χ0) is 27.1. The Hall–Kier alpha value is -3.46. The molecule has 0 saturated carbocycles. The minimum Gasteiger partial charge on any atom is -0.480 e. The smallest absolute Gasteiger partial charge is 0.328 e. The molecule has 0 aliphatic heterocycles. The monoisotopic (exact) mass is 502 g/mol. The molecular formula is C20H38N8O7. The summed E-state index contributed by atoms with van der Waals surface area (Å²) < 4.78 is 0. The summed E-state index contributed by atoms with van der Waals surface area (Å²) in [4.78, 5) is 64.1.